The van der Waals surface area contributed by atoms with Crippen molar-refractivity contribution in [1.82, 2.24) is 0 Å². The standard InChI is InChI=1S/C11H11NOS2/c1-7(6-15-14)10-8-4-2-3-5-9(8)11(13)12-10/h2-5,7,14H,6H2,1H3. The number of carbonyl (C=O) groups is 1. The molecule has 15 heavy (non-hydrogen) atoms. The molecule has 1 aromatic carbocycles. The third-order valence-electron chi connectivity index (χ3n) is 2.45. The Morgan fingerprint density at radius 2 is 2.07 bits per heavy atom. The first-order valence-electron chi connectivity index (χ1n) is 4.72. The predicted molar refractivity (Wildman–Crippen MR) is 67.9 cm³/mol. The zero-order chi connectivity index (χ0) is 10.8. The Bertz CT molecular complexity index is 428. The van der Waals surface area contributed by atoms with Gasteiger partial charge in [0.05, 0.1) is 11.3 Å². The van der Waals surface area contributed by atoms with Crippen molar-refractivity contribution in [2.45, 2.75) is 6.92 Å². The maximum atomic E-state index is 11.6. The number of aliphatic imine (C=N–C) groups is 1. The molecule has 1 atom stereocenters. The first kappa shape index (κ1) is 10.8. The van der Waals surface area contributed by atoms with Crippen LogP contribution in [0.3, 0.4) is 0 Å². The minimum Gasteiger partial charge on any atom is -0.267 e. The molecule has 2 rings (SSSR count). The number of nitrogens with zero attached hydrogens (tertiary/aromatic N) is 1. The van der Waals surface area contributed by atoms with Gasteiger partial charge in [0.25, 0.3) is 5.91 Å². The van der Waals surface area contributed by atoms with E-state index in [-0.39, 0.29) is 11.8 Å². The summed E-state index contributed by atoms with van der Waals surface area (Å²) >= 11 is 4.12. The number of hydrogen-bond donors (Lipinski definition) is 1. The molecule has 0 spiro atoms. The van der Waals surface area contributed by atoms with Crippen LogP contribution in [0.4, 0.5) is 0 Å². The van der Waals surface area contributed by atoms with Gasteiger partial charge < -0.3 is 0 Å². The van der Waals surface area contributed by atoms with Crippen LogP contribution >= 0.6 is 22.5 Å². The van der Waals surface area contributed by atoms with Crippen LogP contribution in [0, 0.1) is 5.92 Å². The Kier molecular flexibility index (Phi) is 3.17. The fraction of sp³-hybridized carbons (Fsp3) is 0.273. The maximum Gasteiger partial charge on any atom is 0.277 e. The molecule has 0 fully saturated rings. The summed E-state index contributed by atoms with van der Waals surface area (Å²) < 4.78 is 0. The molecule has 4 heteroatoms. The van der Waals surface area contributed by atoms with Gasteiger partial charge in [-0.3, -0.25) is 4.79 Å². The number of fused-ring (bicyclic) bond motifs is 1. The Labute approximate surface area is 98.0 Å². The zero-order valence-electron chi connectivity index (χ0n) is 8.30. The van der Waals surface area contributed by atoms with Gasteiger partial charge in [-0.05, 0) is 6.07 Å². The van der Waals surface area contributed by atoms with Crippen LogP contribution in [0.2, 0.25) is 0 Å². The molecule has 1 unspecified atom stereocenters. The van der Waals surface area contributed by atoms with Crippen LogP contribution in [0.1, 0.15) is 22.8 Å². The lowest BCUT2D eigenvalue weighted by Gasteiger charge is -2.09. The monoisotopic (exact) mass is 237 g/mol. The average molecular weight is 237 g/mol. The lowest BCUT2D eigenvalue weighted by Crippen LogP contribution is -2.12. The summed E-state index contributed by atoms with van der Waals surface area (Å²) in [4.78, 5) is 15.7. The van der Waals surface area contributed by atoms with Gasteiger partial charge in [0.1, 0.15) is 0 Å². The minimum absolute atomic E-state index is 0.114. The molecular weight excluding hydrogens is 226 g/mol. The van der Waals surface area contributed by atoms with Gasteiger partial charge >= 0.3 is 0 Å². The first-order chi connectivity index (χ1) is 7.24. The summed E-state index contributed by atoms with van der Waals surface area (Å²) in [6.45, 7) is 2.07. The van der Waals surface area contributed by atoms with E-state index in [0.717, 1.165) is 22.6 Å². The molecule has 1 aliphatic rings. The third kappa shape index (κ3) is 1.96. The molecular formula is C11H11NOS2. The van der Waals surface area contributed by atoms with Crippen molar-refractivity contribution in [3.63, 3.8) is 0 Å². The lowest BCUT2D eigenvalue weighted by molar-refractivity contribution is 0.101. The van der Waals surface area contributed by atoms with E-state index in [1.54, 1.807) is 0 Å². The fourth-order valence-electron chi connectivity index (χ4n) is 1.69. The second-order valence-electron chi connectivity index (χ2n) is 3.54. The Morgan fingerprint density at radius 1 is 1.40 bits per heavy atom. The minimum atomic E-state index is -0.114. The van der Waals surface area contributed by atoms with E-state index >= 15 is 0 Å². The van der Waals surface area contributed by atoms with Crippen molar-refractivity contribution in [3.8, 4) is 0 Å². The van der Waals surface area contributed by atoms with Crippen LogP contribution in [0.15, 0.2) is 29.3 Å². The highest BCUT2D eigenvalue weighted by molar-refractivity contribution is 8.68. The smallest absolute Gasteiger partial charge is 0.267 e. The van der Waals surface area contributed by atoms with Crippen molar-refractivity contribution >= 4 is 34.1 Å². The van der Waals surface area contributed by atoms with Gasteiger partial charge in [0, 0.05) is 17.2 Å². The van der Waals surface area contributed by atoms with E-state index in [1.165, 1.54) is 10.8 Å². The highest BCUT2D eigenvalue weighted by atomic mass is 33.1. The molecule has 0 saturated heterocycles. The Morgan fingerprint density at radius 3 is 2.73 bits per heavy atom. The lowest BCUT2D eigenvalue weighted by atomic mass is 9.98. The summed E-state index contributed by atoms with van der Waals surface area (Å²) in [5, 5.41) is 0. The van der Waals surface area contributed by atoms with Crippen molar-refractivity contribution in [1.29, 1.82) is 0 Å². The molecule has 0 N–H and O–H groups in total. The molecule has 0 saturated carbocycles. The summed E-state index contributed by atoms with van der Waals surface area (Å²) in [5.74, 6) is 1.01. The second-order valence-corrected chi connectivity index (χ2v) is 4.91. The number of rotatable bonds is 3. The predicted octanol–water partition coefficient (Wildman–Crippen LogP) is 2.84. The van der Waals surface area contributed by atoms with E-state index in [9.17, 15) is 4.79 Å². The highest BCUT2D eigenvalue weighted by Crippen LogP contribution is 2.25. The van der Waals surface area contributed by atoms with E-state index in [2.05, 4.69) is 23.6 Å². The molecule has 0 aromatic heterocycles. The molecule has 1 amide bonds. The maximum absolute atomic E-state index is 11.6. The number of thiol groups is 1. The van der Waals surface area contributed by atoms with Crippen molar-refractivity contribution < 1.29 is 4.79 Å². The van der Waals surface area contributed by atoms with E-state index in [0.29, 0.717) is 0 Å². The number of carbonyl (C=O) groups excluding carboxylic acids is 1. The van der Waals surface area contributed by atoms with Gasteiger partial charge in [0.2, 0.25) is 0 Å². The van der Waals surface area contributed by atoms with Crippen molar-refractivity contribution in [2.24, 2.45) is 10.9 Å². The molecule has 1 heterocycles. The second kappa shape index (κ2) is 4.41. The topological polar surface area (TPSA) is 29.4 Å². The van der Waals surface area contributed by atoms with Crippen LogP contribution in [-0.4, -0.2) is 17.4 Å². The van der Waals surface area contributed by atoms with Crippen LogP contribution in [0.25, 0.3) is 0 Å². The van der Waals surface area contributed by atoms with Gasteiger partial charge in [-0.15, -0.1) is 11.7 Å². The number of amides is 1. The molecule has 78 valence electrons. The quantitative estimate of drug-likeness (QED) is 0.647. The van der Waals surface area contributed by atoms with E-state index in [1.807, 2.05) is 24.3 Å². The van der Waals surface area contributed by atoms with Gasteiger partial charge in [-0.2, -0.15) is 0 Å². The molecule has 1 aromatic rings. The van der Waals surface area contributed by atoms with Crippen LogP contribution in [-0.2, 0) is 0 Å². The molecule has 0 radical (unpaired) electrons. The average Bonchev–Trinajstić information content (AvgIpc) is 2.58. The third-order valence-corrected chi connectivity index (χ3v) is 3.54. The zero-order valence-corrected chi connectivity index (χ0v) is 10.0. The normalized spacial score (nSPS) is 16.1. The van der Waals surface area contributed by atoms with Crippen LogP contribution in [0.5, 0.6) is 0 Å². The summed E-state index contributed by atoms with van der Waals surface area (Å²) in [5.41, 5.74) is 2.61. The van der Waals surface area contributed by atoms with Gasteiger partial charge in [-0.1, -0.05) is 35.9 Å². The fourth-order valence-corrected chi connectivity index (χ4v) is 2.74. The number of benzene rings is 1. The molecule has 0 bridgehead atoms. The van der Waals surface area contributed by atoms with Crippen LogP contribution < -0.4 is 0 Å². The first-order valence-corrected chi connectivity index (χ1v) is 6.76. The summed E-state index contributed by atoms with van der Waals surface area (Å²) in [7, 11) is 1.47. The highest BCUT2D eigenvalue weighted by Gasteiger charge is 2.25. The largest absolute Gasteiger partial charge is 0.277 e. The van der Waals surface area contributed by atoms with Gasteiger partial charge in [-0.25, -0.2) is 4.99 Å². The van der Waals surface area contributed by atoms with Crippen molar-refractivity contribution in [2.75, 3.05) is 5.75 Å². The summed E-state index contributed by atoms with van der Waals surface area (Å²) in [6, 6.07) is 7.59. The molecule has 1 aliphatic heterocycles. The Hall–Kier alpha value is -0.740. The molecule has 2 nitrogen and oxygen atoms in total. The van der Waals surface area contributed by atoms with Crippen molar-refractivity contribution in [3.05, 3.63) is 35.4 Å². The summed E-state index contributed by atoms with van der Waals surface area (Å²) in [6.07, 6.45) is 0. The number of hydrogen-bond acceptors (Lipinski definition) is 3. The van der Waals surface area contributed by atoms with E-state index in [4.69, 9.17) is 0 Å². The Balaban J connectivity index is 2.37. The van der Waals surface area contributed by atoms with E-state index < -0.39 is 0 Å². The SMILES string of the molecule is CC(CSS)C1=NC(=O)c2ccccc21. The van der Waals surface area contributed by atoms with Gasteiger partial charge in [0.15, 0.2) is 0 Å². The molecule has 0 aliphatic carbocycles.